The molecule has 0 heterocycles. The average molecular weight is 269 g/mol. The van der Waals surface area contributed by atoms with Crippen molar-refractivity contribution in [3.63, 3.8) is 0 Å². The lowest BCUT2D eigenvalue weighted by Gasteiger charge is -2.27. The van der Waals surface area contributed by atoms with Crippen LogP contribution in [0.5, 0.6) is 5.75 Å². The molecule has 1 aliphatic rings. The lowest BCUT2D eigenvalue weighted by molar-refractivity contribution is -0.119. The number of methoxy groups -OCH3 is 1. The number of carbonyl (C=O) groups is 1. The van der Waals surface area contributed by atoms with Gasteiger partial charge in [-0.2, -0.15) is 0 Å². The van der Waals surface area contributed by atoms with Gasteiger partial charge in [-0.25, -0.2) is 0 Å². The molecule has 20 heavy (non-hydrogen) atoms. The number of carbonyl (C=O) groups excluding carboxylic acids is 1. The van der Waals surface area contributed by atoms with Crippen molar-refractivity contribution in [3.8, 4) is 5.75 Å². The molecule has 1 amide bonds. The Bertz CT molecular complexity index is 663. The van der Waals surface area contributed by atoms with E-state index in [1.807, 2.05) is 6.07 Å². The van der Waals surface area contributed by atoms with E-state index in [-0.39, 0.29) is 11.9 Å². The summed E-state index contributed by atoms with van der Waals surface area (Å²) in [6, 6.07) is 10.8. The topological polar surface area (TPSA) is 38.3 Å². The maximum Gasteiger partial charge on any atom is 0.217 e. The van der Waals surface area contributed by atoms with E-state index in [0.29, 0.717) is 0 Å². The second-order valence-corrected chi connectivity index (χ2v) is 5.41. The summed E-state index contributed by atoms with van der Waals surface area (Å²) < 4.78 is 5.67. The highest BCUT2D eigenvalue weighted by Crippen LogP contribution is 2.36. The molecule has 2 aromatic rings. The molecule has 0 saturated carbocycles. The molecule has 0 fully saturated rings. The highest BCUT2D eigenvalue weighted by Gasteiger charge is 2.23. The standard InChI is InChI=1S/C17H19NO2/c1-11(19)18-14-8-7-13-9-12-5-3-4-6-15(12)17(20-2)16(13)10-14/h3-6,9,14H,7-8,10H2,1-2H3,(H,18,19)/t14-/m1/s1. The number of nitrogens with one attached hydrogen (secondary N) is 1. The summed E-state index contributed by atoms with van der Waals surface area (Å²) in [5, 5.41) is 5.40. The van der Waals surface area contributed by atoms with Gasteiger partial charge in [0.25, 0.3) is 0 Å². The Morgan fingerprint density at radius 3 is 2.90 bits per heavy atom. The van der Waals surface area contributed by atoms with Gasteiger partial charge in [-0.15, -0.1) is 0 Å². The van der Waals surface area contributed by atoms with Crippen LogP contribution in [0.15, 0.2) is 30.3 Å². The minimum atomic E-state index is 0.0400. The van der Waals surface area contributed by atoms with E-state index in [2.05, 4.69) is 29.6 Å². The van der Waals surface area contributed by atoms with E-state index in [1.54, 1.807) is 14.0 Å². The summed E-state index contributed by atoms with van der Waals surface area (Å²) in [5.41, 5.74) is 2.60. The summed E-state index contributed by atoms with van der Waals surface area (Å²) in [7, 11) is 1.73. The van der Waals surface area contributed by atoms with Gasteiger partial charge in [0.2, 0.25) is 5.91 Å². The minimum absolute atomic E-state index is 0.0400. The highest BCUT2D eigenvalue weighted by atomic mass is 16.5. The zero-order valence-corrected chi connectivity index (χ0v) is 11.9. The Balaban J connectivity index is 2.08. The van der Waals surface area contributed by atoms with E-state index < -0.39 is 0 Å². The molecule has 0 spiro atoms. The quantitative estimate of drug-likeness (QED) is 0.910. The van der Waals surface area contributed by atoms with E-state index in [1.165, 1.54) is 16.5 Å². The average Bonchev–Trinajstić information content (AvgIpc) is 2.44. The van der Waals surface area contributed by atoms with Crippen LogP contribution in [0, 0.1) is 0 Å². The van der Waals surface area contributed by atoms with Gasteiger partial charge in [0.15, 0.2) is 0 Å². The number of aryl methyl sites for hydroxylation is 1. The van der Waals surface area contributed by atoms with Crippen molar-refractivity contribution < 1.29 is 9.53 Å². The molecule has 1 aliphatic carbocycles. The van der Waals surface area contributed by atoms with Crippen LogP contribution in [-0.2, 0) is 17.6 Å². The molecule has 2 aromatic carbocycles. The normalized spacial score (nSPS) is 17.6. The second-order valence-electron chi connectivity index (χ2n) is 5.41. The molecule has 0 radical (unpaired) electrons. The van der Waals surface area contributed by atoms with E-state index in [0.717, 1.165) is 30.4 Å². The molecule has 0 unspecified atom stereocenters. The van der Waals surface area contributed by atoms with Gasteiger partial charge >= 0.3 is 0 Å². The molecule has 0 aliphatic heterocycles. The van der Waals surface area contributed by atoms with Crippen molar-refractivity contribution in [2.45, 2.75) is 32.2 Å². The lowest BCUT2D eigenvalue weighted by Crippen LogP contribution is -2.37. The van der Waals surface area contributed by atoms with Crippen molar-refractivity contribution in [2.24, 2.45) is 0 Å². The number of fused-ring (bicyclic) bond motifs is 2. The molecule has 1 N–H and O–H groups in total. The Hall–Kier alpha value is -2.03. The predicted octanol–water partition coefficient (Wildman–Crippen LogP) is 2.84. The van der Waals surface area contributed by atoms with Crippen molar-refractivity contribution in [1.82, 2.24) is 5.32 Å². The summed E-state index contributed by atoms with van der Waals surface area (Å²) in [5.74, 6) is 1.01. The lowest BCUT2D eigenvalue weighted by atomic mass is 9.85. The Morgan fingerprint density at radius 2 is 2.15 bits per heavy atom. The van der Waals surface area contributed by atoms with Gasteiger partial charge in [0.1, 0.15) is 5.75 Å². The fourth-order valence-corrected chi connectivity index (χ4v) is 3.18. The first kappa shape index (κ1) is 13.0. The van der Waals surface area contributed by atoms with Gasteiger partial charge in [-0.05, 0) is 30.2 Å². The summed E-state index contributed by atoms with van der Waals surface area (Å²) >= 11 is 0. The monoisotopic (exact) mass is 269 g/mol. The number of amides is 1. The number of benzene rings is 2. The van der Waals surface area contributed by atoms with Crippen molar-refractivity contribution >= 4 is 16.7 Å². The molecule has 3 nitrogen and oxygen atoms in total. The summed E-state index contributed by atoms with van der Waals surface area (Å²) in [6.45, 7) is 1.58. The third kappa shape index (κ3) is 2.24. The smallest absolute Gasteiger partial charge is 0.217 e. The largest absolute Gasteiger partial charge is 0.496 e. The number of hydrogen-bond acceptors (Lipinski definition) is 2. The molecule has 0 aromatic heterocycles. The van der Waals surface area contributed by atoms with E-state index in [4.69, 9.17) is 4.74 Å². The van der Waals surface area contributed by atoms with Crippen molar-refractivity contribution in [1.29, 1.82) is 0 Å². The first-order valence-electron chi connectivity index (χ1n) is 7.03. The molecule has 0 saturated heterocycles. The van der Waals surface area contributed by atoms with E-state index >= 15 is 0 Å². The van der Waals surface area contributed by atoms with Gasteiger partial charge in [-0.3, -0.25) is 4.79 Å². The number of ether oxygens (including phenoxy) is 1. The predicted molar refractivity (Wildman–Crippen MR) is 80.1 cm³/mol. The van der Waals surface area contributed by atoms with Gasteiger partial charge < -0.3 is 10.1 Å². The zero-order valence-electron chi connectivity index (χ0n) is 11.9. The van der Waals surface area contributed by atoms with Gasteiger partial charge in [0, 0.05) is 23.9 Å². The molecule has 3 rings (SSSR count). The Morgan fingerprint density at radius 1 is 1.35 bits per heavy atom. The Kier molecular flexibility index (Phi) is 3.35. The Labute approximate surface area is 118 Å². The van der Waals surface area contributed by atoms with Crippen LogP contribution in [0.2, 0.25) is 0 Å². The fourth-order valence-electron chi connectivity index (χ4n) is 3.18. The molecular formula is C17H19NO2. The fraction of sp³-hybridized carbons (Fsp3) is 0.353. The summed E-state index contributed by atoms with van der Waals surface area (Å²) in [4.78, 5) is 11.2. The molecular weight excluding hydrogens is 250 g/mol. The minimum Gasteiger partial charge on any atom is -0.496 e. The summed E-state index contributed by atoms with van der Waals surface area (Å²) in [6.07, 6.45) is 2.83. The van der Waals surface area contributed by atoms with Crippen molar-refractivity contribution in [3.05, 3.63) is 41.5 Å². The van der Waals surface area contributed by atoms with E-state index in [9.17, 15) is 4.79 Å². The van der Waals surface area contributed by atoms with Crippen LogP contribution in [0.1, 0.15) is 24.5 Å². The molecule has 3 heteroatoms. The molecule has 1 atom stereocenters. The maximum atomic E-state index is 11.2. The van der Waals surface area contributed by atoms with Crippen LogP contribution in [0.3, 0.4) is 0 Å². The van der Waals surface area contributed by atoms with Gasteiger partial charge in [-0.1, -0.05) is 30.3 Å². The first-order valence-corrected chi connectivity index (χ1v) is 7.03. The zero-order chi connectivity index (χ0) is 14.1. The third-order valence-corrected chi connectivity index (χ3v) is 4.02. The van der Waals surface area contributed by atoms with Gasteiger partial charge in [0.05, 0.1) is 7.11 Å². The number of hydrogen-bond donors (Lipinski definition) is 1. The first-order chi connectivity index (χ1) is 9.69. The van der Waals surface area contributed by atoms with Crippen LogP contribution in [0.25, 0.3) is 10.8 Å². The van der Waals surface area contributed by atoms with Crippen LogP contribution in [-0.4, -0.2) is 19.1 Å². The maximum absolute atomic E-state index is 11.2. The van der Waals surface area contributed by atoms with Crippen LogP contribution < -0.4 is 10.1 Å². The molecule has 0 bridgehead atoms. The molecule has 104 valence electrons. The third-order valence-electron chi connectivity index (χ3n) is 4.02. The second kappa shape index (κ2) is 5.16. The highest BCUT2D eigenvalue weighted by molar-refractivity contribution is 5.90. The van der Waals surface area contributed by atoms with Crippen molar-refractivity contribution in [2.75, 3.05) is 7.11 Å². The van der Waals surface area contributed by atoms with Crippen LogP contribution >= 0.6 is 0 Å². The van der Waals surface area contributed by atoms with Crippen LogP contribution in [0.4, 0.5) is 0 Å². The number of rotatable bonds is 2. The SMILES string of the molecule is COc1c2c(cc3ccccc13)CC[C@@H](NC(C)=O)C2.